The van der Waals surface area contributed by atoms with Gasteiger partial charge in [-0.1, -0.05) is 125 Å². The van der Waals surface area contributed by atoms with Gasteiger partial charge in [0, 0.05) is 18.2 Å². The molecule has 0 aliphatic rings. The normalized spacial score (nSPS) is 10.9. The summed E-state index contributed by atoms with van der Waals surface area (Å²) >= 11 is 12.3. The smallest absolute Gasteiger partial charge is 0.345 e. The summed E-state index contributed by atoms with van der Waals surface area (Å²) < 4.78 is 11.0. The van der Waals surface area contributed by atoms with Crippen molar-refractivity contribution in [3.05, 3.63) is 121 Å². The van der Waals surface area contributed by atoms with Crippen molar-refractivity contribution >= 4 is 40.8 Å². The molecule has 0 saturated heterocycles. The number of nitro benzene ring substituents is 1. The molecule has 9 heteroatoms. The number of nitro groups is 1. The number of unbranched alkanes of at least 4 members (excludes halogenated alkanes) is 8. The van der Waals surface area contributed by atoms with Crippen LogP contribution >= 0.6 is 23.2 Å². The van der Waals surface area contributed by atoms with Gasteiger partial charge in [-0.3, -0.25) is 10.1 Å². The van der Waals surface area contributed by atoms with Gasteiger partial charge in [-0.25, -0.2) is 9.59 Å². The number of carbonyl (C=O) groups is 2. The number of hydrogen-bond donors (Lipinski definition) is 0. The third-order valence-corrected chi connectivity index (χ3v) is 9.04. The summed E-state index contributed by atoms with van der Waals surface area (Å²) in [4.78, 5) is 36.7. The van der Waals surface area contributed by atoms with Crippen LogP contribution in [0, 0.1) is 10.1 Å². The number of ether oxygens (including phenoxy) is 2. The molecule has 0 heterocycles. The fourth-order valence-electron chi connectivity index (χ4n) is 5.64. The lowest BCUT2D eigenvalue weighted by molar-refractivity contribution is -0.384. The quantitative estimate of drug-likeness (QED) is 0.0336. The average Bonchev–Trinajstić information content (AvgIpc) is 3.08. The number of benzene rings is 4. The van der Waals surface area contributed by atoms with Gasteiger partial charge in [0.25, 0.3) is 5.69 Å². The molecule has 0 spiro atoms. The molecule has 0 amide bonds. The highest BCUT2D eigenvalue weighted by atomic mass is 35.5. The van der Waals surface area contributed by atoms with E-state index in [1.54, 1.807) is 0 Å². The van der Waals surface area contributed by atoms with Crippen LogP contribution < -0.4 is 9.47 Å². The second kappa shape index (κ2) is 19.1. The maximum atomic E-state index is 13.5. The van der Waals surface area contributed by atoms with E-state index in [0.29, 0.717) is 5.56 Å². The van der Waals surface area contributed by atoms with Crippen LogP contribution in [0.15, 0.2) is 78.9 Å². The highest BCUT2D eigenvalue weighted by Crippen LogP contribution is 2.31. The third kappa shape index (κ3) is 11.2. The summed E-state index contributed by atoms with van der Waals surface area (Å²) in [7, 11) is 0. The molecule has 0 fully saturated rings. The van der Waals surface area contributed by atoms with Crippen molar-refractivity contribution in [2.75, 3.05) is 0 Å². The van der Waals surface area contributed by atoms with Crippen LogP contribution in [0.3, 0.4) is 0 Å². The Bertz CT molecular complexity index is 1740. The van der Waals surface area contributed by atoms with Gasteiger partial charge in [0.15, 0.2) is 0 Å². The number of rotatable bonds is 18. The molecule has 0 N–H and O–H groups in total. The van der Waals surface area contributed by atoms with E-state index >= 15 is 0 Å². The van der Waals surface area contributed by atoms with Gasteiger partial charge in [-0.15, -0.1) is 0 Å². The monoisotopic (exact) mass is 703 g/mol. The molecule has 0 aromatic heterocycles. The Morgan fingerprint density at radius 3 is 1.73 bits per heavy atom. The van der Waals surface area contributed by atoms with E-state index in [9.17, 15) is 19.7 Å². The molecular formula is C40H43Cl2NO6. The number of hydrogen-bond acceptors (Lipinski definition) is 6. The second-order valence-electron chi connectivity index (χ2n) is 12.2. The Hall–Kier alpha value is -4.20. The molecule has 7 nitrogen and oxygen atoms in total. The predicted molar refractivity (Wildman–Crippen MR) is 196 cm³/mol. The van der Waals surface area contributed by atoms with Crippen LogP contribution in [0.1, 0.15) is 110 Å². The van der Waals surface area contributed by atoms with Crippen molar-refractivity contribution in [1.29, 1.82) is 0 Å². The minimum atomic E-state index is -0.797. The molecule has 258 valence electrons. The molecule has 0 bridgehead atoms. The lowest BCUT2D eigenvalue weighted by Crippen LogP contribution is -2.13. The standard InChI is InChI=1S/C40H43Cl2NO6/c1-3-5-7-9-11-13-28-15-17-29(18-16-28)30-19-22-34(31(25-30)14-12-10-8-6-4-2)39(44)48-32-20-23-35(36(41)26-32)40(45)49-33-21-24-38(43(46)47)37(42)27-33/h15-27H,3-14H2,1-2H3. The SMILES string of the molecule is CCCCCCCc1ccc(-c2ccc(C(=O)Oc3ccc(C(=O)Oc4ccc([N+](=O)[O-])c(Cl)c4)c(Cl)c3)c(CCCCCCC)c2)cc1. The van der Waals surface area contributed by atoms with Crippen LogP contribution in [0.4, 0.5) is 5.69 Å². The van der Waals surface area contributed by atoms with Gasteiger partial charge in [0.2, 0.25) is 0 Å². The first kappa shape index (κ1) is 37.6. The molecule has 4 aromatic carbocycles. The van der Waals surface area contributed by atoms with Crippen LogP contribution in [0.5, 0.6) is 11.5 Å². The molecule has 0 radical (unpaired) electrons. The van der Waals surface area contributed by atoms with Crippen LogP contribution in [-0.4, -0.2) is 16.9 Å². The Morgan fingerprint density at radius 2 is 1.14 bits per heavy atom. The summed E-state index contributed by atoms with van der Waals surface area (Å²) in [5.74, 6) is -1.12. The minimum Gasteiger partial charge on any atom is -0.423 e. The summed E-state index contributed by atoms with van der Waals surface area (Å²) in [5, 5.41) is 10.9. The first-order valence-electron chi connectivity index (χ1n) is 17.1. The highest BCUT2D eigenvalue weighted by molar-refractivity contribution is 6.34. The topological polar surface area (TPSA) is 95.7 Å². The van der Waals surface area contributed by atoms with Crippen molar-refractivity contribution in [2.45, 2.75) is 90.9 Å². The number of esters is 2. The molecule has 0 aliphatic heterocycles. The molecule has 0 aliphatic carbocycles. The molecule has 0 unspecified atom stereocenters. The lowest BCUT2D eigenvalue weighted by atomic mass is 9.94. The first-order chi connectivity index (χ1) is 23.7. The van der Waals surface area contributed by atoms with E-state index in [4.69, 9.17) is 32.7 Å². The lowest BCUT2D eigenvalue weighted by Gasteiger charge is -2.13. The van der Waals surface area contributed by atoms with E-state index < -0.39 is 16.9 Å². The Balaban J connectivity index is 1.46. The molecule has 4 rings (SSSR count). The third-order valence-electron chi connectivity index (χ3n) is 8.43. The summed E-state index contributed by atoms with van der Waals surface area (Å²) in [6, 6.07) is 22.4. The highest BCUT2D eigenvalue weighted by Gasteiger charge is 2.20. The Morgan fingerprint density at radius 1 is 0.612 bits per heavy atom. The van der Waals surface area contributed by atoms with Gasteiger partial charge in [-0.2, -0.15) is 0 Å². The Labute approximate surface area is 298 Å². The molecule has 4 aromatic rings. The summed E-state index contributed by atoms with van der Waals surface area (Å²) in [6.07, 6.45) is 13.7. The number of nitrogens with zero attached hydrogens (tertiary/aromatic N) is 1. The molecule has 49 heavy (non-hydrogen) atoms. The summed E-state index contributed by atoms with van der Waals surface area (Å²) in [6.45, 7) is 4.42. The van der Waals surface area contributed by atoms with Gasteiger partial charge >= 0.3 is 11.9 Å². The van der Waals surface area contributed by atoms with Crippen molar-refractivity contribution in [3.63, 3.8) is 0 Å². The Kier molecular flexibility index (Phi) is 14.7. The van der Waals surface area contributed by atoms with Crippen molar-refractivity contribution in [3.8, 4) is 22.6 Å². The van der Waals surface area contributed by atoms with Gasteiger partial charge in [0.05, 0.1) is 21.1 Å². The fraction of sp³-hybridized carbons (Fsp3) is 0.350. The van der Waals surface area contributed by atoms with Gasteiger partial charge < -0.3 is 9.47 Å². The maximum Gasteiger partial charge on any atom is 0.345 e. The minimum absolute atomic E-state index is 0.0132. The van der Waals surface area contributed by atoms with E-state index in [-0.39, 0.29) is 32.8 Å². The second-order valence-corrected chi connectivity index (χ2v) is 13.0. The van der Waals surface area contributed by atoms with Gasteiger partial charge in [0.1, 0.15) is 16.5 Å². The zero-order valence-electron chi connectivity index (χ0n) is 28.1. The summed E-state index contributed by atoms with van der Waals surface area (Å²) in [5.41, 5.74) is 4.62. The zero-order valence-corrected chi connectivity index (χ0v) is 29.7. The maximum absolute atomic E-state index is 13.5. The molecular weight excluding hydrogens is 661 g/mol. The van der Waals surface area contributed by atoms with Crippen LogP contribution in [0.25, 0.3) is 11.1 Å². The first-order valence-corrected chi connectivity index (χ1v) is 17.9. The van der Waals surface area contributed by atoms with E-state index in [2.05, 4.69) is 44.2 Å². The fourth-order valence-corrected chi connectivity index (χ4v) is 6.13. The van der Waals surface area contributed by atoms with E-state index in [1.165, 1.54) is 74.4 Å². The van der Waals surface area contributed by atoms with Crippen molar-refractivity contribution < 1.29 is 24.0 Å². The molecule has 0 atom stereocenters. The number of aryl methyl sites for hydroxylation is 2. The van der Waals surface area contributed by atoms with E-state index in [0.717, 1.165) is 61.3 Å². The molecule has 0 saturated carbocycles. The van der Waals surface area contributed by atoms with Gasteiger partial charge in [-0.05, 0) is 72.2 Å². The average molecular weight is 705 g/mol. The number of carbonyl (C=O) groups excluding carboxylic acids is 2. The van der Waals surface area contributed by atoms with Crippen LogP contribution in [0.2, 0.25) is 10.0 Å². The zero-order chi connectivity index (χ0) is 35.2. The predicted octanol–water partition coefficient (Wildman–Crippen LogP) is 12.0. The van der Waals surface area contributed by atoms with Crippen molar-refractivity contribution in [1.82, 2.24) is 0 Å². The van der Waals surface area contributed by atoms with Crippen LogP contribution in [-0.2, 0) is 12.8 Å². The largest absolute Gasteiger partial charge is 0.423 e. The van der Waals surface area contributed by atoms with Crippen molar-refractivity contribution in [2.24, 2.45) is 0 Å². The number of halogens is 2. The van der Waals surface area contributed by atoms with E-state index in [1.807, 2.05) is 12.1 Å².